The number of carbonyl (C=O) groups is 1. The smallest absolute Gasteiger partial charge is 0.411 e. The number of rotatable bonds is 5. The highest BCUT2D eigenvalue weighted by molar-refractivity contribution is 5.93. The van der Waals surface area contributed by atoms with Gasteiger partial charge in [0.2, 0.25) is 0 Å². The van der Waals surface area contributed by atoms with Crippen molar-refractivity contribution < 1.29 is 27.4 Å². The van der Waals surface area contributed by atoms with Crippen molar-refractivity contribution in [2.75, 3.05) is 19.1 Å². The molecule has 6 nitrogen and oxygen atoms in total. The fraction of sp³-hybridized carbons (Fsp3) is 0.600. The van der Waals surface area contributed by atoms with Gasteiger partial charge in [-0.1, -0.05) is 0 Å². The standard InChI is InChI=1S/C10H14F3N3O3/c1-3-16-8(7(14)6(2)15-16)9(17)19-5-18-4-10(11,12)13/h3-5,14H2,1-2H3. The van der Waals surface area contributed by atoms with Gasteiger partial charge in [-0.15, -0.1) is 0 Å². The fourth-order valence-corrected chi connectivity index (χ4v) is 1.36. The first-order valence-corrected chi connectivity index (χ1v) is 5.40. The third-order valence-corrected chi connectivity index (χ3v) is 2.21. The summed E-state index contributed by atoms with van der Waals surface area (Å²) in [6.45, 7) is 1.45. The van der Waals surface area contributed by atoms with Crippen molar-refractivity contribution in [1.29, 1.82) is 0 Å². The van der Waals surface area contributed by atoms with E-state index in [-0.39, 0.29) is 11.4 Å². The van der Waals surface area contributed by atoms with E-state index in [0.717, 1.165) is 0 Å². The van der Waals surface area contributed by atoms with Crippen molar-refractivity contribution in [2.45, 2.75) is 26.6 Å². The van der Waals surface area contributed by atoms with Gasteiger partial charge in [0.15, 0.2) is 12.5 Å². The molecule has 0 aliphatic rings. The van der Waals surface area contributed by atoms with E-state index in [9.17, 15) is 18.0 Å². The Morgan fingerprint density at radius 1 is 1.47 bits per heavy atom. The van der Waals surface area contributed by atoms with Crippen molar-refractivity contribution in [1.82, 2.24) is 9.78 Å². The van der Waals surface area contributed by atoms with Crippen LogP contribution >= 0.6 is 0 Å². The van der Waals surface area contributed by atoms with Crippen LogP contribution in [0.25, 0.3) is 0 Å². The number of ether oxygens (including phenoxy) is 2. The summed E-state index contributed by atoms with van der Waals surface area (Å²) in [6.07, 6.45) is -4.47. The molecule has 0 saturated carbocycles. The maximum atomic E-state index is 11.8. The van der Waals surface area contributed by atoms with E-state index in [2.05, 4.69) is 14.6 Å². The molecule has 1 aromatic heterocycles. The van der Waals surface area contributed by atoms with Crippen LogP contribution in [0, 0.1) is 6.92 Å². The van der Waals surface area contributed by atoms with E-state index < -0.39 is 25.5 Å². The second-order valence-electron chi connectivity index (χ2n) is 3.68. The largest absolute Gasteiger partial charge is 0.434 e. The molecule has 1 heterocycles. The topological polar surface area (TPSA) is 79.4 Å². The van der Waals surface area contributed by atoms with Gasteiger partial charge in [-0.05, 0) is 13.8 Å². The highest BCUT2D eigenvalue weighted by Crippen LogP contribution is 2.18. The first-order chi connectivity index (χ1) is 8.76. The third kappa shape index (κ3) is 4.12. The average Bonchev–Trinajstić information content (AvgIpc) is 2.59. The van der Waals surface area contributed by atoms with E-state index in [1.165, 1.54) is 4.68 Å². The Morgan fingerprint density at radius 2 is 2.11 bits per heavy atom. The molecule has 0 saturated heterocycles. The summed E-state index contributed by atoms with van der Waals surface area (Å²) < 4.78 is 45.4. The van der Waals surface area contributed by atoms with E-state index in [1.54, 1.807) is 13.8 Å². The molecular formula is C10H14F3N3O3. The summed E-state index contributed by atoms with van der Waals surface area (Å²) in [5, 5.41) is 3.99. The van der Waals surface area contributed by atoms with Crippen LogP contribution in [0.1, 0.15) is 23.1 Å². The van der Waals surface area contributed by atoms with E-state index in [4.69, 9.17) is 5.73 Å². The van der Waals surface area contributed by atoms with Gasteiger partial charge < -0.3 is 15.2 Å². The fourth-order valence-electron chi connectivity index (χ4n) is 1.36. The Balaban J connectivity index is 2.59. The zero-order chi connectivity index (χ0) is 14.6. The lowest BCUT2D eigenvalue weighted by Crippen LogP contribution is -2.21. The highest BCUT2D eigenvalue weighted by atomic mass is 19.4. The van der Waals surface area contributed by atoms with Gasteiger partial charge in [0.25, 0.3) is 0 Å². The van der Waals surface area contributed by atoms with Crippen LogP contribution in [0.4, 0.5) is 18.9 Å². The summed E-state index contributed by atoms with van der Waals surface area (Å²) in [6, 6.07) is 0. The molecule has 0 aromatic carbocycles. The highest BCUT2D eigenvalue weighted by Gasteiger charge is 2.28. The molecule has 19 heavy (non-hydrogen) atoms. The van der Waals surface area contributed by atoms with Crippen LogP contribution in [0.3, 0.4) is 0 Å². The van der Waals surface area contributed by atoms with Crippen LogP contribution in [-0.2, 0) is 16.0 Å². The predicted octanol–water partition coefficient (Wildman–Crippen LogP) is 1.49. The normalized spacial score (nSPS) is 11.6. The van der Waals surface area contributed by atoms with Gasteiger partial charge in [-0.3, -0.25) is 4.68 Å². The first-order valence-electron chi connectivity index (χ1n) is 5.40. The van der Waals surface area contributed by atoms with Crippen molar-refractivity contribution >= 4 is 11.7 Å². The number of nitrogens with zero attached hydrogens (tertiary/aromatic N) is 2. The van der Waals surface area contributed by atoms with Crippen LogP contribution in [0.2, 0.25) is 0 Å². The van der Waals surface area contributed by atoms with Crippen LogP contribution in [-0.4, -0.2) is 35.3 Å². The number of esters is 1. The zero-order valence-electron chi connectivity index (χ0n) is 10.5. The zero-order valence-corrected chi connectivity index (χ0v) is 10.5. The number of nitrogens with two attached hydrogens (primary N) is 1. The minimum atomic E-state index is -4.47. The Kier molecular flexibility index (Phi) is 4.76. The van der Waals surface area contributed by atoms with E-state index >= 15 is 0 Å². The molecule has 9 heteroatoms. The molecule has 0 fully saturated rings. The molecule has 0 radical (unpaired) electrons. The summed E-state index contributed by atoms with van der Waals surface area (Å²) in [5.74, 6) is -0.873. The number of alkyl halides is 3. The van der Waals surface area contributed by atoms with Crippen LogP contribution in [0.5, 0.6) is 0 Å². The summed E-state index contributed by atoms with van der Waals surface area (Å²) in [5.41, 5.74) is 6.25. The number of aromatic nitrogens is 2. The van der Waals surface area contributed by atoms with E-state index in [1.807, 2.05) is 0 Å². The molecule has 1 rings (SSSR count). The molecule has 0 atom stereocenters. The maximum Gasteiger partial charge on any atom is 0.411 e. The van der Waals surface area contributed by atoms with Crippen molar-refractivity contribution in [2.24, 2.45) is 0 Å². The van der Waals surface area contributed by atoms with Gasteiger partial charge >= 0.3 is 12.1 Å². The summed E-state index contributed by atoms with van der Waals surface area (Å²) >= 11 is 0. The monoisotopic (exact) mass is 281 g/mol. The molecule has 0 aliphatic carbocycles. The molecular weight excluding hydrogens is 267 g/mol. The molecule has 0 bridgehead atoms. The predicted molar refractivity (Wildman–Crippen MR) is 59.3 cm³/mol. The first kappa shape index (κ1) is 15.3. The second-order valence-corrected chi connectivity index (χ2v) is 3.68. The van der Waals surface area contributed by atoms with E-state index in [0.29, 0.717) is 12.2 Å². The minimum Gasteiger partial charge on any atom is -0.434 e. The van der Waals surface area contributed by atoms with Crippen LogP contribution < -0.4 is 5.73 Å². The van der Waals surface area contributed by atoms with Gasteiger partial charge in [-0.25, -0.2) is 4.79 Å². The van der Waals surface area contributed by atoms with Gasteiger partial charge in [-0.2, -0.15) is 18.3 Å². The quantitative estimate of drug-likeness (QED) is 0.502. The lowest BCUT2D eigenvalue weighted by Gasteiger charge is -2.09. The molecule has 1 aromatic rings. The molecule has 0 aliphatic heterocycles. The Labute approximate surface area is 107 Å². The number of hydrogen-bond donors (Lipinski definition) is 1. The average molecular weight is 281 g/mol. The number of nitrogen functional groups attached to an aromatic ring is 1. The third-order valence-electron chi connectivity index (χ3n) is 2.21. The second kappa shape index (κ2) is 5.91. The summed E-state index contributed by atoms with van der Waals surface area (Å²) in [7, 11) is 0. The van der Waals surface area contributed by atoms with Crippen molar-refractivity contribution in [3.05, 3.63) is 11.4 Å². The van der Waals surface area contributed by atoms with Gasteiger partial charge in [0.1, 0.15) is 6.61 Å². The summed E-state index contributed by atoms with van der Waals surface area (Å²) in [4.78, 5) is 11.7. The lowest BCUT2D eigenvalue weighted by molar-refractivity contribution is -0.190. The lowest BCUT2D eigenvalue weighted by atomic mass is 10.3. The number of halogens is 3. The molecule has 108 valence electrons. The van der Waals surface area contributed by atoms with Crippen molar-refractivity contribution in [3.8, 4) is 0 Å². The maximum absolute atomic E-state index is 11.8. The molecule has 2 N–H and O–H groups in total. The SMILES string of the molecule is CCn1nc(C)c(N)c1C(=O)OCOCC(F)(F)F. The van der Waals surface area contributed by atoms with Crippen molar-refractivity contribution in [3.63, 3.8) is 0 Å². The van der Waals surface area contributed by atoms with Crippen LogP contribution in [0.15, 0.2) is 0 Å². The number of aryl methyl sites for hydroxylation is 2. The molecule has 0 unspecified atom stereocenters. The number of hydrogen-bond acceptors (Lipinski definition) is 5. The Hall–Kier alpha value is -1.77. The number of anilines is 1. The molecule has 0 amide bonds. The molecule has 0 spiro atoms. The Morgan fingerprint density at radius 3 is 2.63 bits per heavy atom. The van der Waals surface area contributed by atoms with Gasteiger partial charge in [0.05, 0.1) is 11.4 Å². The van der Waals surface area contributed by atoms with Gasteiger partial charge in [0, 0.05) is 6.54 Å². The Bertz CT molecular complexity index is 457. The number of carbonyl (C=O) groups excluding carboxylic acids is 1. The minimum absolute atomic E-state index is 0.00982.